The third-order valence-corrected chi connectivity index (χ3v) is 2.59. The molecule has 88 valence electrons. The Kier molecular flexibility index (Phi) is 6.15. The third-order valence-electron chi connectivity index (χ3n) is 1.28. The highest BCUT2D eigenvalue weighted by molar-refractivity contribution is 7.52. The molecule has 15 heavy (non-hydrogen) atoms. The zero-order chi connectivity index (χ0) is 11.9. The quantitative estimate of drug-likeness (QED) is 0.603. The van der Waals surface area contributed by atoms with Crippen LogP contribution in [0.1, 0.15) is 12.8 Å². The van der Waals surface area contributed by atoms with E-state index in [0.29, 0.717) is 0 Å². The Bertz CT molecular complexity index is 251. The number of carboxylic acids is 2. The Morgan fingerprint density at radius 1 is 1.07 bits per heavy atom. The number of hydrogen-bond donors (Lipinski definition) is 2. The van der Waals surface area contributed by atoms with Gasteiger partial charge in [0.05, 0.1) is 26.1 Å². The van der Waals surface area contributed by atoms with Crippen molar-refractivity contribution in [2.45, 2.75) is 12.8 Å². The molecule has 0 spiro atoms. The van der Waals surface area contributed by atoms with E-state index >= 15 is 0 Å². The van der Waals surface area contributed by atoms with Gasteiger partial charge >= 0.3 is 19.5 Å². The number of rotatable bonds is 8. The van der Waals surface area contributed by atoms with Gasteiger partial charge in [-0.3, -0.25) is 14.2 Å². The zero-order valence-electron chi connectivity index (χ0n) is 8.21. The van der Waals surface area contributed by atoms with Crippen LogP contribution in [-0.2, 0) is 23.2 Å². The van der Waals surface area contributed by atoms with Crippen molar-refractivity contribution in [1.29, 1.82) is 0 Å². The van der Waals surface area contributed by atoms with Gasteiger partial charge in [-0.1, -0.05) is 0 Å². The van der Waals surface area contributed by atoms with Gasteiger partial charge < -0.3 is 19.3 Å². The van der Waals surface area contributed by atoms with E-state index < -0.39 is 19.5 Å². The van der Waals surface area contributed by atoms with Crippen molar-refractivity contribution in [2.24, 2.45) is 0 Å². The van der Waals surface area contributed by atoms with Crippen molar-refractivity contribution < 1.29 is 33.4 Å². The highest BCUT2D eigenvalue weighted by Crippen LogP contribution is 2.43. The summed E-state index contributed by atoms with van der Waals surface area (Å²) < 4.78 is 20.7. The lowest BCUT2D eigenvalue weighted by Crippen LogP contribution is -2.05. The monoisotopic (exact) mass is 240 g/mol. The summed E-state index contributed by atoms with van der Waals surface area (Å²) in [6, 6.07) is 0. The fraction of sp³-hybridized carbons (Fsp3) is 0.714. The molecule has 0 aromatic rings. The van der Waals surface area contributed by atoms with Crippen LogP contribution in [0.2, 0.25) is 0 Å². The standard InChI is InChI=1S/C7H13O7P/c1-15(12,13-4-2-6(8)9)14-5-3-7(10)11/h2-5H2,1H3,(H,8,9)(H,10,11). The summed E-state index contributed by atoms with van der Waals surface area (Å²) >= 11 is 0. The second kappa shape index (κ2) is 6.55. The molecule has 0 heterocycles. The van der Waals surface area contributed by atoms with E-state index in [1.54, 1.807) is 0 Å². The molecular formula is C7H13O7P. The van der Waals surface area contributed by atoms with Crippen molar-refractivity contribution in [3.63, 3.8) is 0 Å². The summed E-state index contributed by atoms with van der Waals surface area (Å²) in [7, 11) is -3.33. The first-order chi connectivity index (χ1) is 6.83. The number of carbonyl (C=O) groups is 2. The van der Waals surface area contributed by atoms with Crippen molar-refractivity contribution in [1.82, 2.24) is 0 Å². The summed E-state index contributed by atoms with van der Waals surface area (Å²) in [6.07, 6.45) is -0.555. The Morgan fingerprint density at radius 3 is 1.67 bits per heavy atom. The molecule has 0 aromatic carbocycles. The van der Waals surface area contributed by atoms with E-state index in [-0.39, 0.29) is 26.1 Å². The molecule has 0 amide bonds. The van der Waals surface area contributed by atoms with Crippen LogP contribution in [0, 0.1) is 0 Å². The van der Waals surface area contributed by atoms with Crippen molar-refractivity contribution in [2.75, 3.05) is 19.9 Å². The lowest BCUT2D eigenvalue weighted by Gasteiger charge is -2.12. The summed E-state index contributed by atoms with van der Waals surface area (Å²) in [6.45, 7) is 0.711. The minimum absolute atomic E-state index is 0.226. The topological polar surface area (TPSA) is 110 Å². The molecule has 0 fully saturated rings. The second-order valence-corrected chi connectivity index (χ2v) is 4.78. The van der Waals surface area contributed by atoms with Crippen LogP contribution < -0.4 is 0 Å². The molecule has 0 saturated carbocycles. The van der Waals surface area contributed by atoms with Crippen LogP contribution in [0.3, 0.4) is 0 Å². The smallest absolute Gasteiger partial charge is 0.327 e. The van der Waals surface area contributed by atoms with Crippen LogP contribution in [0.25, 0.3) is 0 Å². The molecule has 0 aromatic heterocycles. The van der Waals surface area contributed by atoms with E-state index in [2.05, 4.69) is 9.05 Å². The van der Waals surface area contributed by atoms with E-state index in [0.717, 1.165) is 6.66 Å². The zero-order valence-corrected chi connectivity index (χ0v) is 9.11. The fourth-order valence-electron chi connectivity index (χ4n) is 0.635. The molecule has 0 bridgehead atoms. The van der Waals surface area contributed by atoms with E-state index in [1.807, 2.05) is 0 Å². The second-order valence-electron chi connectivity index (χ2n) is 2.73. The third kappa shape index (κ3) is 9.40. The van der Waals surface area contributed by atoms with Gasteiger partial charge in [-0.25, -0.2) is 0 Å². The summed E-state index contributed by atoms with van der Waals surface area (Å²) in [5.74, 6) is -2.14. The molecule has 7 nitrogen and oxygen atoms in total. The molecule has 0 aliphatic carbocycles. The molecule has 0 rings (SSSR count). The SMILES string of the molecule is CP(=O)(OCCC(=O)O)OCCC(=O)O. The summed E-state index contributed by atoms with van der Waals surface area (Å²) in [5.41, 5.74) is 0. The van der Waals surface area contributed by atoms with Crippen LogP contribution in [0.5, 0.6) is 0 Å². The van der Waals surface area contributed by atoms with Gasteiger partial charge in [-0.15, -0.1) is 0 Å². The minimum Gasteiger partial charge on any atom is -0.481 e. The van der Waals surface area contributed by atoms with Gasteiger partial charge in [-0.05, 0) is 0 Å². The molecule has 0 aliphatic heterocycles. The molecular weight excluding hydrogens is 227 g/mol. The average molecular weight is 240 g/mol. The Morgan fingerprint density at radius 2 is 1.40 bits per heavy atom. The lowest BCUT2D eigenvalue weighted by molar-refractivity contribution is -0.138. The minimum atomic E-state index is -3.33. The van der Waals surface area contributed by atoms with Crippen molar-refractivity contribution in [3.05, 3.63) is 0 Å². The molecule has 2 N–H and O–H groups in total. The first-order valence-corrected chi connectivity index (χ1v) is 6.12. The van der Waals surface area contributed by atoms with Crippen molar-refractivity contribution >= 4 is 19.5 Å². The van der Waals surface area contributed by atoms with Crippen LogP contribution in [0.15, 0.2) is 0 Å². The van der Waals surface area contributed by atoms with Crippen LogP contribution >= 0.6 is 7.60 Å². The highest BCUT2D eigenvalue weighted by Gasteiger charge is 2.17. The highest BCUT2D eigenvalue weighted by atomic mass is 31.2. The Labute approximate surface area is 86.5 Å². The molecule has 8 heteroatoms. The van der Waals surface area contributed by atoms with Gasteiger partial charge in [-0.2, -0.15) is 0 Å². The van der Waals surface area contributed by atoms with Gasteiger partial charge in [0, 0.05) is 6.66 Å². The molecule has 0 unspecified atom stereocenters. The predicted octanol–water partition coefficient (Wildman–Crippen LogP) is 0.792. The van der Waals surface area contributed by atoms with E-state index in [4.69, 9.17) is 10.2 Å². The Balaban J connectivity index is 3.72. The lowest BCUT2D eigenvalue weighted by atomic mass is 10.5. The maximum atomic E-state index is 11.3. The van der Waals surface area contributed by atoms with Gasteiger partial charge in [0.2, 0.25) is 0 Å². The maximum Gasteiger partial charge on any atom is 0.327 e. The molecule has 0 radical (unpaired) electrons. The van der Waals surface area contributed by atoms with Crippen LogP contribution in [0.4, 0.5) is 0 Å². The predicted molar refractivity (Wildman–Crippen MR) is 49.9 cm³/mol. The average Bonchev–Trinajstić information content (AvgIpc) is 2.01. The number of aliphatic carboxylic acids is 2. The molecule has 0 atom stereocenters. The normalized spacial score (nSPS) is 11.3. The first kappa shape index (κ1) is 14.1. The van der Waals surface area contributed by atoms with Crippen molar-refractivity contribution in [3.8, 4) is 0 Å². The molecule has 0 aliphatic rings. The van der Waals surface area contributed by atoms with E-state index in [9.17, 15) is 14.2 Å². The van der Waals surface area contributed by atoms with Gasteiger partial charge in [0.15, 0.2) is 0 Å². The van der Waals surface area contributed by atoms with Gasteiger partial charge in [0.25, 0.3) is 0 Å². The summed E-state index contributed by atoms with van der Waals surface area (Å²) in [5, 5.41) is 16.5. The maximum absolute atomic E-state index is 11.3. The van der Waals surface area contributed by atoms with Gasteiger partial charge in [0.1, 0.15) is 0 Å². The largest absolute Gasteiger partial charge is 0.481 e. The fourth-order valence-corrected chi connectivity index (χ4v) is 1.56. The number of hydrogen-bond acceptors (Lipinski definition) is 5. The summed E-state index contributed by atoms with van der Waals surface area (Å²) in [4.78, 5) is 20.2. The van der Waals surface area contributed by atoms with E-state index in [1.165, 1.54) is 0 Å². The van der Waals surface area contributed by atoms with Crippen LogP contribution in [-0.4, -0.2) is 42.0 Å². The first-order valence-electron chi connectivity index (χ1n) is 4.13. The number of carboxylic acid groups (broad SMARTS) is 2. The Hall–Kier alpha value is -0.910. The molecule has 0 saturated heterocycles.